The van der Waals surface area contributed by atoms with Crippen LogP contribution in [0.2, 0.25) is 0 Å². The summed E-state index contributed by atoms with van der Waals surface area (Å²) in [5, 5.41) is 6.25. The fraction of sp³-hybridized carbons (Fsp3) is 0.227. The molecule has 3 rings (SSSR count). The number of ether oxygens (including phenoxy) is 1. The molecule has 0 aliphatic rings. The van der Waals surface area contributed by atoms with Gasteiger partial charge in [-0.3, -0.25) is 9.59 Å². The highest BCUT2D eigenvalue weighted by atomic mass is 32.2. The average Bonchev–Trinajstić information content (AvgIpc) is 2.75. The molecular weight excluding hydrogens is 418 g/mol. The van der Waals surface area contributed by atoms with Gasteiger partial charge in [-0.15, -0.1) is 0 Å². The van der Waals surface area contributed by atoms with Crippen molar-refractivity contribution >= 4 is 21.4 Å². The normalized spacial score (nSPS) is 11.4. The molecule has 162 valence electrons. The van der Waals surface area contributed by atoms with Crippen molar-refractivity contribution in [2.24, 2.45) is 0 Å². The number of sulfone groups is 1. The zero-order valence-electron chi connectivity index (χ0n) is 17.4. The summed E-state index contributed by atoms with van der Waals surface area (Å²) in [6.07, 6.45) is 0. The summed E-state index contributed by atoms with van der Waals surface area (Å²) in [4.78, 5) is 24.5. The molecule has 0 aliphatic carbocycles. The number of nitrogens with one attached hydrogen (secondary N) is 1. The highest BCUT2D eigenvalue weighted by Crippen LogP contribution is 2.22. The van der Waals surface area contributed by atoms with Crippen LogP contribution in [-0.4, -0.2) is 31.2 Å². The van der Waals surface area contributed by atoms with Crippen molar-refractivity contribution in [2.75, 3.05) is 12.4 Å². The minimum absolute atomic E-state index is 0.0285. The summed E-state index contributed by atoms with van der Waals surface area (Å²) < 4.78 is 31.7. The van der Waals surface area contributed by atoms with Gasteiger partial charge in [-0.05, 0) is 47.9 Å². The van der Waals surface area contributed by atoms with Crippen LogP contribution in [0.4, 0.5) is 5.69 Å². The van der Waals surface area contributed by atoms with E-state index in [2.05, 4.69) is 24.3 Å². The molecule has 0 fully saturated rings. The molecule has 9 heteroatoms. The summed E-state index contributed by atoms with van der Waals surface area (Å²) in [6, 6.07) is 15.5. The molecule has 31 heavy (non-hydrogen) atoms. The smallest absolute Gasteiger partial charge is 0.267 e. The van der Waals surface area contributed by atoms with Gasteiger partial charge in [0, 0.05) is 11.8 Å². The van der Waals surface area contributed by atoms with Gasteiger partial charge < -0.3 is 10.1 Å². The third kappa shape index (κ3) is 5.18. The lowest BCUT2D eigenvalue weighted by Crippen LogP contribution is -2.30. The second-order valence-electron chi connectivity index (χ2n) is 7.17. The molecule has 0 saturated heterocycles. The van der Waals surface area contributed by atoms with Gasteiger partial charge in [-0.2, -0.15) is 5.10 Å². The summed E-state index contributed by atoms with van der Waals surface area (Å²) in [5.74, 6) is 0.238. The van der Waals surface area contributed by atoms with E-state index in [1.807, 2.05) is 12.1 Å². The molecule has 0 aliphatic heterocycles. The second kappa shape index (κ2) is 9.13. The van der Waals surface area contributed by atoms with E-state index in [1.165, 1.54) is 19.2 Å². The molecule has 3 aromatic rings. The Hall–Kier alpha value is -3.46. The number of aromatic nitrogens is 2. The first-order valence-electron chi connectivity index (χ1n) is 9.58. The Morgan fingerprint density at radius 3 is 2.45 bits per heavy atom. The molecule has 1 N–H and O–H groups in total. The van der Waals surface area contributed by atoms with E-state index in [0.29, 0.717) is 17.4 Å². The number of hydrogen-bond donors (Lipinski definition) is 1. The van der Waals surface area contributed by atoms with Crippen LogP contribution in [0.25, 0.3) is 0 Å². The Morgan fingerprint density at radius 2 is 1.81 bits per heavy atom. The second-order valence-corrected chi connectivity index (χ2v) is 9.07. The highest BCUT2D eigenvalue weighted by molar-refractivity contribution is 7.91. The third-order valence-electron chi connectivity index (χ3n) is 4.62. The van der Waals surface area contributed by atoms with E-state index in [1.54, 1.807) is 24.3 Å². The topological polar surface area (TPSA) is 107 Å². The lowest BCUT2D eigenvalue weighted by atomic mass is 10.0. The zero-order chi connectivity index (χ0) is 22.6. The number of anilines is 1. The molecule has 0 atom stereocenters. The van der Waals surface area contributed by atoms with Crippen molar-refractivity contribution in [1.29, 1.82) is 0 Å². The number of carbonyl (C=O) groups excluding carboxylic acids is 1. The maximum Gasteiger partial charge on any atom is 0.267 e. The van der Waals surface area contributed by atoms with Gasteiger partial charge in [0.2, 0.25) is 15.7 Å². The average molecular weight is 442 g/mol. The molecule has 1 heterocycles. The maximum absolute atomic E-state index is 12.9. The number of methoxy groups -OCH3 is 1. The van der Waals surface area contributed by atoms with Gasteiger partial charge in [-0.1, -0.05) is 32.0 Å². The number of nitrogens with zero attached hydrogens (tertiary/aromatic N) is 2. The van der Waals surface area contributed by atoms with Gasteiger partial charge in [0.15, 0.2) is 5.03 Å². The van der Waals surface area contributed by atoms with Crippen molar-refractivity contribution in [3.8, 4) is 5.75 Å². The Labute approximate surface area is 180 Å². The minimum Gasteiger partial charge on any atom is -0.497 e. The minimum atomic E-state index is -4.00. The Balaban J connectivity index is 1.82. The number of benzene rings is 2. The fourth-order valence-electron chi connectivity index (χ4n) is 2.86. The van der Waals surface area contributed by atoms with E-state index in [-0.39, 0.29) is 9.92 Å². The summed E-state index contributed by atoms with van der Waals surface area (Å²) >= 11 is 0. The monoisotopic (exact) mass is 441 g/mol. The van der Waals surface area contributed by atoms with Crippen molar-refractivity contribution in [3.05, 3.63) is 76.6 Å². The van der Waals surface area contributed by atoms with Crippen molar-refractivity contribution in [3.63, 3.8) is 0 Å². The first kappa shape index (κ1) is 22.2. The van der Waals surface area contributed by atoms with Gasteiger partial charge in [-0.25, -0.2) is 13.1 Å². The predicted octanol–water partition coefficient (Wildman–Crippen LogP) is 2.85. The lowest BCUT2D eigenvalue weighted by Gasteiger charge is -2.10. The Kier molecular flexibility index (Phi) is 6.55. The number of rotatable bonds is 7. The quantitative estimate of drug-likeness (QED) is 0.604. The van der Waals surface area contributed by atoms with Crippen LogP contribution in [0.3, 0.4) is 0 Å². The molecule has 0 bridgehead atoms. The van der Waals surface area contributed by atoms with E-state index >= 15 is 0 Å². The molecule has 2 aromatic carbocycles. The van der Waals surface area contributed by atoms with Crippen LogP contribution in [0.1, 0.15) is 25.3 Å². The Bertz CT molecular complexity index is 1250. The Morgan fingerprint density at radius 1 is 1.10 bits per heavy atom. The van der Waals surface area contributed by atoms with Crippen LogP contribution >= 0.6 is 0 Å². The van der Waals surface area contributed by atoms with Gasteiger partial charge >= 0.3 is 0 Å². The summed E-state index contributed by atoms with van der Waals surface area (Å²) in [6.45, 7) is 3.71. The number of hydrogen-bond acceptors (Lipinski definition) is 6. The SMILES string of the molecule is COc1cccc(S(=O)(=O)c2ccc(=O)n(CC(=O)Nc3ccc(C(C)C)cc3)n2)c1. The van der Waals surface area contributed by atoms with E-state index in [0.717, 1.165) is 22.4 Å². The van der Waals surface area contributed by atoms with Crippen LogP contribution in [0.15, 0.2) is 75.4 Å². The van der Waals surface area contributed by atoms with E-state index in [4.69, 9.17) is 4.74 Å². The molecule has 0 unspecified atom stereocenters. The fourth-order valence-corrected chi connectivity index (χ4v) is 4.09. The largest absolute Gasteiger partial charge is 0.497 e. The van der Waals surface area contributed by atoms with Crippen molar-refractivity contribution in [2.45, 2.75) is 36.2 Å². The number of carbonyl (C=O) groups is 1. The third-order valence-corrected chi connectivity index (χ3v) is 6.27. The van der Waals surface area contributed by atoms with Crippen LogP contribution < -0.4 is 15.6 Å². The molecule has 0 saturated carbocycles. The van der Waals surface area contributed by atoms with Gasteiger partial charge in [0.05, 0.1) is 12.0 Å². The first-order chi connectivity index (χ1) is 14.7. The zero-order valence-corrected chi connectivity index (χ0v) is 18.2. The molecule has 8 nitrogen and oxygen atoms in total. The predicted molar refractivity (Wildman–Crippen MR) is 116 cm³/mol. The molecule has 0 radical (unpaired) electrons. The van der Waals surface area contributed by atoms with Crippen LogP contribution in [0.5, 0.6) is 5.75 Å². The van der Waals surface area contributed by atoms with Gasteiger partial charge in [0.25, 0.3) is 5.56 Å². The summed E-state index contributed by atoms with van der Waals surface area (Å²) in [5.41, 5.74) is 1.11. The first-order valence-corrected chi connectivity index (χ1v) is 11.1. The molecule has 0 spiro atoms. The highest BCUT2D eigenvalue weighted by Gasteiger charge is 2.21. The van der Waals surface area contributed by atoms with Gasteiger partial charge in [0.1, 0.15) is 12.3 Å². The van der Waals surface area contributed by atoms with Crippen molar-refractivity contribution < 1.29 is 17.9 Å². The molecule has 1 aromatic heterocycles. The molecule has 1 amide bonds. The van der Waals surface area contributed by atoms with E-state index in [9.17, 15) is 18.0 Å². The van der Waals surface area contributed by atoms with Crippen LogP contribution in [-0.2, 0) is 21.2 Å². The standard InChI is InChI=1S/C22H23N3O5S/c1-15(2)16-7-9-17(10-8-16)23-20(26)14-25-22(27)12-11-21(24-25)31(28,29)19-6-4-5-18(13-19)30-3/h4-13,15H,14H2,1-3H3,(H,23,26). The lowest BCUT2D eigenvalue weighted by molar-refractivity contribution is -0.117. The van der Waals surface area contributed by atoms with E-state index < -0.39 is 27.8 Å². The summed E-state index contributed by atoms with van der Waals surface area (Å²) in [7, 11) is -2.57. The maximum atomic E-state index is 12.9. The van der Waals surface area contributed by atoms with Crippen LogP contribution in [0, 0.1) is 0 Å². The van der Waals surface area contributed by atoms with Crippen molar-refractivity contribution in [1.82, 2.24) is 9.78 Å². The number of amides is 1. The molecular formula is C22H23N3O5S.